The van der Waals surface area contributed by atoms with Crippen LogP contribution < -0.4 is 19.3 Å². The second-order valence-corrected chi connectivity index (χ2v) is 18.1. The lowest BCUT2D eigenvalue weighted by molar-refractivity contribution is 0.112. The van der Waals surface area contributed by atoms with Gasteiger partial charge in [-0.15, -0.1) is 11.3 Å². The number of carbonyl (C=O) groups is 1. The van der Waals surface area contributed by atoms with Crippen LogP contribution in [0.25, 0.3) is 43.0 Å². The standard InChI is InChI=1S/C48H44N4O3S3/c1-4-5-6-7-9-30-11-16-36(17-12-30)52-38-19-14-31(35-24-29(2)44-32(25-35)10-8-21-51(44)3)26-40(38)56-41-27-33(15-20-39(41)52)47-45-46(55-23-22-54-45)48(57-47)37-18-13-34(28-53)42-43(37)50-58-49-42/h11-20,24-28H,4-10,21-23H2,1-3H3. The first kappa shape index (κ1) is 37.1. The number of ether oxygens (including phenoxy) is 2. The number of aromatic nitrogens is 2. The normalized spacial score (nSPS) is 14.3. The van der Waals surface area contributed by atoms with Gasteiger partial charge < -0.3 is 19.3 Å². The number of unbranched alkanes of at least 4 members (excludes halogenated alkanes) is 3. The molecule has 0 saturated heterocycles. The molecule has 3 aliphatic rings. The third-order valence-electron chi connectivity index (χ3n) is 11.6. The number of hydrogen-bond donors (Lipinski definition) is 0. The number of anilines is 4. The highest BCUT2D eigenvalue weighted by Gasteiger charge is 2.31. The van der Waals surface area contributed by atoms with Crippen LogP contribution in [0.1, 0.15) is 66.1 Å². The first-order valence-corrected chi connectivity index (χ1v) is 22.7. The lowest BCUT2D eigenvalue weighted by atomic mass is 9.93. The lowest BCUT2D eigenvalue weighted by Crippen LogP contribution is -2.25. The zero-order chi connectivity index (χ0) is 39.3. The van der Waals surface area contributed by atoms with Gasteiger partial charge in [-0.2, -0.15) is 8.75 Å². The Kier molecular flexibility index (Phi) is 9.95. The topological polar surface area (TPSA) is 67.8 Å². The summed E-state index contributed by atoms with van der Waals surface area (Å²) in [6, 6.07) is 31.5. The van der Waals surface area contributed by atoms with Crippen molar-refractivity contribution in [1.29, 1.82) is 0 Å². The van der Waals surface area contributed by atoms with Gasteiger partial charge >= 0.3 is 0 Å². The van der Waals surface area contributed by atoms with Crippen LogP contribution in [0.4, 0.5) is 22.7 Å². The van der Waals surface area contributed by atoms with Gasteiger partial charge in [-0.3, -0.25) is 4.79 Å². The number of hydrogen-bond acceptors (Lipinski definition) is 10. The maximum Gasteiger partial charge on any atom is 0.180 e. The van der Waals surface area contributed by atoms with Gasteiger partial charge in [0.05, 0.1) is 32.9 Å². The second kappa shape index (κ2) is 15.5. The molecule has 2 aromatic heterocycles. The summed E-state index contributed by atoms with van der Waals surface area (Å²) >= 11 is 4.59. The van der Waals surface area contributed by atoms with Gasteiger partial charge in [-0.1, -0.05) is 68.3 Å². The fraction of sp³-hybridized carbons (Fsp3) is 0.271. The molecule has 0 unspecified atom stereocenters. The molecule has 5 aromatic carbocycles. The van der Waals surface area contributed by atoms with E-state index < -0.39 is 0 Å². The van der Waals surface area contributed by atoms with Crippen LogP contribution in [0, 0.1) is 6.92 Å². The van der Waals surface area contributed by atoms with Crippen LogP contribution in [0.3, 0.4) is 0 Å². The summed E-state index contributed by atoms with van der Waals surface area (Å²) in [5, 5.41) is 0. The van der Waals surface area contributed by atoms with Gasteiger partial charge in [-0.05, 0) is 121 Å². The monoisotopic (exact) mass is 820 g/mol. The van der Waals surface area contributed by atoms with Crippen LogP contribution in [0.15, 0.2) is 94.7 Å². The van der Waals surface area contributed by atoms with Crippen molar-refractivity contribution < 1.29 is 14.3 Å². The first-order chi connectivity index (χ1) is 28.5. The van der Waals surface area contributed by atoms with Crippen molar-refractivity contribution in [2.45, 2.75) is 68.6 Å². The largest absolute Gasteiger partial charge is 0.485 e. The molecule has 7 nitrogen and oxygen atoms in total. The number of nitrogens with zero attached hydrogens (tertiary/aromatic N) is 4. The van der Waals surface area contributed by atoms with Crippen molar-refractivity contribution >= 4 is 74.9 Å². The van der Waals surface area contributed by atoms with Gasteiger partial charge in [0.1, 0.15) is 24.2 Å². The van der Waals surface area contributed by atoms with Gasteiger partial charge in [0.2, 0.25) is 0 Å². The summed E-state index contributed by atoms with van der Waals surface area (Å²) in [4.78, 5) is 21.0. The van der Waals surface area contributed by atoms with E-state index in [4.69, 9.17) is 9.47 Å². The van der Waals surface area contributed by atoms with E-state index in [1.54, 1.807) is 11.3 Å². The van der Waals surface area contributed by atoms with E-state index in [-0.39, 0.29) is 0 Å². The Morgan fingerprint density at radius 1 is 0.776 bits per heavy atom. The summed E-state index contributed by atoms with van der Waals surface area (Å²) in [6.07, 6.45) is 9.29. The van der Waals surface area contributed by atoms with Crippen LogP contribution in [-0.2, 0) is 12.8 Å². The molecule has 0 radical (unpaired) electrons. The minimum Gasteiger partial charge on any atom is -0.485 e. The zero-order valence-corrected chi connectivity index (χ0v) is 35.4. The fourth-order valence-corrected chi connectivity index (χ4v) is 11.8. The van der Waals surface area contributed by atoms with Crippen molar-refractivity contribution in [2.24, 2.45) is 0 Å². The van der Waals surface area contributed by atoms with E-state index in [1.807, 2.05) is 23.9 Å². The number of rotatable bonds is 10. The minimum atomic E-state index is 0.465. The molecule has 292 valence electrons. The summed E-state index contributed by atoms with van der Waals surface area (Å²) < 4.78 is 21.8. The maximum atomic E-state index is 11.8. The molecule has 0 saturated carbocycles. The average molecular weight is 821 g/mol. The molecular weight excluding hydrogens is 777 g/mol. The lowest BCUT2D eigenvalue weighted by Gasteiger charge is -2.34. The highest BCUT2D eigenvalue weighted by molar-refractivity contribution is 7.99. The van der Waals surface area contributed by atoms with Crippen molar-refractivity contribution in [3.8, 4) is 43.5 Å². The molecule has 10 rings (SSSR count). The number of aldehydes is 1. The SMILES string of the molecule is CCCCCCc1ccc(N2c3ccc(-c4cc(C)c5c(c4)CCCN5C)cc3Sc3cc(-c4sc(-c5ccc(C=O)c6nsnc56)c5c4OCCO5)ccc32)cc1. The van der Waals surface area contributed by atoms with E-state index >= 15 is 0 Å². The maximum absolute atomic E-state index is 11.8. The van der Waals surface area contributed by atoms with Gasteiger partial charge in [-0.25, -0.2) is 0 Å². The molecule has 0 fully saturated rings. The van der Waals surface area contributed by atoms with Crippen LogP contribution in [0.5, 0.6) is 11.5 Å². The molecule has 10 heteroatoms. The number of thiophene rings is 1. The Morgan fingerprint density at radius 3 is 2.29 bits per heavy atom. The van der Waals surface area contributed by atoms with E-state index in [1.165, 1.54) is 81.1 Å². The molecule has 7 aromatic rings. The Bertz CT molecular complexity index is 2700. The Labute approximate surface area is 352 Å². The third-order valence-corrected chi connectivity index (χ3v) is 14.5. The number of fused-ring (bicyclic) bond motifs is 5. The summed E-state index contributed by atoms with van der Waals surface area (Å²) in [5.41, 5.74) is 15.4. The molecule has 0 bridgehead atoms. The van der Waals surface area contributed by atoms with E-state index in [0.29, 0.717) is 29.8 Å². The smallest absolute Gasteiger partial charge is 0.180 e. The minimum absolute atomic E-state index is 0.465. The zero-order valence-electron chi connectivity index (χ0n) is 33.0. The molecule has 3 aliphatic heterocycles. The van der Waals surface area contributed by atoms with Crippen molar-refractivity contribution in [1.82, 2.24) is 8.75 Å². The van der Waals surface area contributed by atoms with Crippen molar-refractivity contribution in [3.05, 3.63) is 107 Å². The van der Waals surface area contributed by atoms with Crippen molar-refractivity contribution in [3.63, 3.8) is 0 Å². The molecule has 5 heterocycles. The number of carbonyl (C=O) groups excluding carboxylic acids is 1. The molecule has 0 N–H and O–H groups in total. The predicted molar refractivity (Wildman–Crippen MR) is 241 cm³/mol. The van der Waals surface area contributed by atoms with Crippen LogP contribution >= 0.6 is 34.8 Å². The predicted octanol–water partition coefficient (Wildman–Crippen LogP) is 13.1. The van der Waals surface area contributed by atoms with Gasteiger partial charge in [0.15, 0.2) is 17.8 Å². The van der Waals surface area contributed by atoms with E-state index in [2.05, 4.69) is 112 Å². The molecule has 0 spiro atoms. The van der Waals surface area contributed by atoms with E-state index in [9.17, 15) is 4.79 Å². The highest BCUT2D eigenvalue weighted by atomic mass is 32.2. The second-order valence-electron chi connectivity index (χ2n) is 15.5. The Hall–Kier alpha value is -5.16. The van der Waals surface area contributed by atoms with E-state index in [0.717, 1.165) is 81.2 Å². The van der Waals surface area contributed by atoms with Gasteiger partial charge in [0.25, 0.3) is 0 Å². The number of benzene rings is 5. The first-order valence-electron chi connectivity index (χ1n) is 20.3. The van der Waals surface area contributed by atoms with Crippen LogP contribution in [0.2, 0.25) is 0 Å². The van der Waals surface area contributed by atoms with Crippen LogP contribution in [-0.4, -0.2) is 41.8 Å². The van der Waals surface area contributed by atoms with Gasteiger partial charge in [0, 0.05) is 45.9 Å². The Balaban J connectivity index is 1.07. The summed E-state index contributed by atoms with van der Waals surface area (Å²) in [7, 11) is 2.22. The molecular formula is C48H44N4O3S3. The molecule has 0 amide bonds. The highest BCUT2D eigenvalue weighted by Crippen LogP contribution is 2.57. The fourth-order valence-electron chi connectivity index (χ4n) is 8.83. The Morgan fingerprint density at radius 2 is 1.52 bits per heavy atom. The molecule has 58 heavy (non-hydrogen) atoms. The molecule has 0 aliphatic carbocycles. The average Bonchev–Trinajstić information content (AvgIpc) is 3.90. The number of aryl methyl sites for hydroxylation is 3. The third kappa shape index (κ3) is 6.55. The summed E-state index contributed by atoms with van der Waals surface area (Å²) in [6.45, 7) is 6.57. The molecule has 0 atom stereocenters. The quantitative estimate of drug-likeness (QED) is 0.0998. The van der Waals surface area contributed by atoms with Crippen molar-refractivity contribution in [2.75, 3.05) is 36.6 Å². The summed E-state index contributed by atoms with van der Waals surface area (Å²) in [5.74, 6) is 1.48.